The number of rotatable bonds is 0. The Balaban J connectivity index is 1.86. The first kappa shape index (κ1) is 12.8. The molecule has 0 N–H and O–H groups in total. The van der Waals surface area contributed by atoms with Gasteiger partial charge in [-0.25, -0.2) is 14.6 Å². The van der Waals surface area contributed by atoms with E-state index >= 15 is 0 Å². The van der Waals surface area contributed by atoms with Crippen LogP contribution in [0.5, 0.6) is 0 Å². The van der Waals surface area contributed by atoms with Crippen molar-refractivity contribution in [3.63, 3.8) is 0 Å². The molecule has 0 aromatic carbocycles. The van der Waals surface area contributed by atoms with Gasteiger partial charge >= 0.3 is 5.97 Å². The topological polar surface area (TPSA) is 54.0 Å². The first-order valence-electron chi connectivity index (χ1n) is 7.41. The Morgan fingerprint density at radius 1 is 1.25 bits per heavy atom. The predicted octanol–water partition coefficient (Wildman–Crippen LogP) is 2.32. The van der Waals surface area contributed by atoms with Gasteiger partial charge in [0.15, 0.2) is 5.60 Å². The van der Waals surface area contributed by atoms with Gasteiger partial charge in [-0.2, -0.15) is 0 Å². The number of carbonyl (C=O) groups is 1. The normalized spacial score (nSPS) is 54.1. The van der Waals surface area contributed by atoms with Crippen molar-refractivity contribution < 1.29 is 24.0 Å². The average molecular weight is 280 g/mol. The summed E-state index contributed by atoms with van der Waals surface area (Å²) in [5.74, 6) is -0.501. The fourth-order valence-electron chi connectivity index (χ4n) is 4.46. The fourth-order valence-corrected chi connectivity index (χ4v) is 4.46. The van der Waals surface area contributed by atoms with Crippen molar-refractivity contribution >= 4 is 5.97 Å². The van der Waals surface area contributed by atoms with E-state index in [4.69, 9.17) is 19.2 Å². The zero-order chi connectivity index (χ0) is 14.1. The lowest BCUT2D eigenvalue weighted by molar-refractivity contribution is -0.554. The van der Waals surface area contributed by atoms with Gasteiger partial charge in [0.25, 0.3) is 0 Å². The standard InChI is InChI=1S/C15H20O5/c1-8-4-5-11-9(2)12(16)17-13-15(11)10(8)6-7-14(3,18-13)19-20-15/h8,10-11,13H,2,4-7H2,1,3H3/t8-,10?,11+,13?,14?,15?/m1/s1. The SMILES string of the molecule is C=C1C(=O)OC2OC3(C)CCC4[C@H](C)CC[C@@H]1C24OO3. The van der Waals surface area contributed by atoms with Gasteiger partial charge in [0, 0.05) is 23.8 Å². The Morgan fingerprint density at radius 2 is 2.05 bits per heavy atom. The highest BCUT2D eigenvalue weighted by molar-refractivity contribution is 5.89. The third kappa shape index (κ3) is 1.41. The molecule has 5 aliphatic rings. The van der Waals surface area contributed by atoms with Gasteiger partial charge in [0.1, 0.15) is 0 Å². The molecule has 4 saturated heterocycles. The van der Waals surface area contributed by atoms with E-state index in [1.165, 1.54) is 0 Å². The van der Waals surface area contributed by atoms with Crippen molar-refractivity contribution in [2.24, 2.45) is 17.8 Å². The third-order valence-electron chi connectivity index (χ3n) is 5.62. The zero-order valence-corrected chi connectivity index (χ0v) is 11.9. The Kier molecular flexibility index (Phi) is 2.46. The lowest BCUT2D eigenvalue weighted by Crippen LogP contribution is -2.68. The summed E-state index contributed by atoms with van der Waals surface area (Å²) in [4.78, 5) is 23.5. The van der Waals surface area contributed by atoms with Crippen LogP contribution in [0.15, 0.2) is 12.2 Å². The molecule has 4 heterocycles. The van der Waals surface area contributed by atoms with E-state index in [1.807, 2.05) is 6.92 Å². The van der Waals surface area contributed by atoms with Crippen LogP contribution >= 0.6 is 0 Å². The summed E-state index contributed by atoms with van der Waals surface area (Å²) in [5.41, 5.74) is -0.213. The molecule has 5 heteroatoms. The van der Waals surface area contributed by atoms with E-state index < -0.39 is 17.7 Å². The molecular formula is C15H20O5. The Hall–Kier alpha value is -0.910. The quantitative estimate of drug-likeness (QED) is 0.387. The Bertz CT molecular complexity index is 489. The maximum absolute atomic E-state index is 12.0. The van der Waals surface area contributed by atoms with Gasteiger partial charge in [0.05, 0.1) is 0 Å². The molecular weight excluding hydrogens is 260 g/mol. The van der Waals surface area contributed by atoms with E-state index in [0.717, 1.165) is 25.7 Å². The van der Waals surface area contributed by atoms with Crippen molar-refractivity contribution in [1.29, 1.82) is 0 Å². The summed E-state index contributed by atoms with van der Waals surface area (Å²) < 4.78 is 11.5. The van der Waals surface area contributed by atoms with Crippen molar-refractivity contribution in [1.82, 2.24) is 0 Å². The Labute approximate surface area is 118 Å². The summed E-state index contributed by atoms with van der Waals surface area (Å²) in [7, 11) is 0. The second kappa shape index (κ2) is 3.84. The molecule has 1 saturated carbocycles. The number of fused-ring (bicyclic) bond motifs is 2. The third-order valence-corrected chi connectivity index (χ3v) is 5.62. The van der Waals surface area contributed by atoms with Crippen LogP contribution in [0.4, 0.5) is 0 Å². The van der Waals surface area contributed by atoms with Gasteiger partial charge in [-0.1, -0.05) is 13.5 Å². The van der Waals surface area contributed by atoms with Crippen molar-refractivity contribution in [2.75, 3.05) is 0 Å². The van der Waals surface area contributed by atoms with Crippen LogP contribution in [0.1, 0.15) is 39.5 Å². The van der Waals surface area contributed by atoms with Gasteiger partial charge in [0.2, 0.25) is 12.1 Å². The molecule has 0 aromatic heterocycles. The van der Waals surface area contributed by atoms with Gasteiger partial charge in [-0.15, -0.1) is 0 Å². The first-order valence-corrected chi connectivity index (χ1v) is 7.41. The highest BCUT2D eigenvalue weighted by atomic mass is 17.3. The molecule has 4 aliphatic heterocycles. The van der Waals surface area contributed by atoms with Crippen LogP contribution in [0, 0.1) is 17.8 Å². The highest BCUT2D eigenvalue weighted by Crippen LogP contribution is 2.59. The molecule has 5 fully saturated rings. The summed E-state index contributed by atoms with van der Waals surface area (Å²) in [6.45, 7) is 8.00. The van der Waals surface area contributed by atoms with Crippen LogP contribution in [0.2, 0.25) is 0 Å². The molecule has 0 radical (unpaired) electrons. The number of esters is 1. The fraction of sp³-hybridized carbons (Fsp3) is 0.800. The average Bonchev–Trinajstić information content (AvgIpc) is 2.63. The molecule has 0 amide bonds. The van der Waals surface area contributed by atoms with E-state index in [-0.39, 0.29) is 17.8 Å². The van der Waals surface area contributed by atoms with E-state index in [2.05, 4.69) is 13.5 Å². The molecule has 6 atom stereocenters. The minimum atomic E-state index is -0.823. The summed E-state index contributed by atoms with van der Waals surface area (Å²) in [6, 6.07) is 0. The van der Waals surface area contributed by atoms with E-state index in [0.29, 0.717) is 11.5 Å². The first-order chi connectivity index (χ1) is 9.46. The summed E-state index contributed by atoms with van der Waals surface area (Å²) >= 11 is 0. The second-order valence-electron chi connectivity index (χ2n) is 6.79. The van der Waals surface area contributed by atoms with Crippen LogP contribution in [-0.4, -0.2) is 23.6 Å². The number of ether oxygens (including phenoxy) is 2. The molecule has 5 rings (SSSR count). The van der Waals surface area contributed by atoms with Crippen LogP contribution < -0.4 is 0 Å². The molecule has 110 valence electrons. The highest BCUT2D eigenvalue weighted by Gasteiger charge is 2.69. The molecule has 1 spiro atoms. The number of hydrogen-bond acceptors (Lipinski definition) is 5. The maximum atomic E-state index is 12.0. The largest absolute Gasteiger partial charge is 0.429 e. The van der Waals surface area contributed by atoms with E-state index in [1.54, 1.807) is 0 Å². The van der Waals surface area contributed by atoms with Crippen LogP contribution in [0.3, 0.4) is 0 Å². The number of carbonyl (C=O) groups excluding carboxylic acids is 1. The van der Waals surface area contributed by atoms with Gasteiger partial charge < -0.3 is 9.47 Å². The minimum absolute atomic E-state index is 0.0717. The van der Waals surface area contributed by atoms with Crippen LogP contribution in [-0.2, 0) is 24.0 Å². The lowest BCUT2D eigenvalue weighted by atomic mass is 9.59. The Morgan fingerprint density at radius 3 is 2.85 bits per heavy atom. The van der Waals surface area contributed by atoms with Crippen molar-refractivity contribution in [2.45, 2.75) is 57.2 Å². The van der Waals surface area contributed by atoms with Gasteiger partial charge in [-0.3, -0.25) is 0 Å². The monoisotopic (exact) mass is 280 g/mol. The molecule has 2 bridgehead atoms. The van der Waals surface area contributed by atoms with Crippen molar-refractivity contribution in [3.8, 4) is 0 Å². The minimum Gasteiger partial charge on any atom is -0.429 e. The maximum Gasteiger partial charge on any atom is 0.336 e. The molecule has 4 unspecified atom stereocenters. The summed E-state index contributed by atoms with van der Waals surface area (Å²) in [5, 5.41) is 0. The molecule has 0 aromatic rings. The number of hydrogen-bond donors (Lipinski definition) is 0. The summed E-state index contributed by atoms with van der Waals surface area (Å²) in [6.07, 6.45) is 2.95. The van der Waals surface area contributed by atoms with Crippen LogP contribution in [0.25, 0.3) is 0 Å². The molecule has 5 nitrogen and oxygen atoms in total. The lowest BCUT2D eigenvalue weighted by Gasteiger charge is -2.56. The van der Waals surface area contributed by atoms with E-state index in [9.17, 15) is 4.79 Å². The second-order valence-corrected chi connectivity index (χ2v) is 6.79. The van der Waals surface area contributed by atoms with Crippen molar-refractivity contribution in [3.05, 3.63) is 12.2 Å². The predicted molar refractivity (Wildman–Crippen MR) is 68.0 cm³/mol. The molecule has 1 aliphatic carbocycles. The zero-order valence-electron chi connectivity index (χ0n) is 11.9. The smallest absolute Gasteiger partial charge is 0.336 e. The molecule has 20 heavy (non-hydrogen) atoms. The van der Waals surface area contributed by atoms with Gasteiger partial charge in [-0.05, 0) is 32.1 Å².